The summed E-state index contributed by atoms with van der Waals surface area (Å²) in [5, 5.41) is 0. The molecular weight excluding hydrogens is 548 g/mol. The minimum Gasteiger partial charge on any atom is -0.496 e. The zero-order valence-electron chi connectivity index (χ0n) is 20.2. The molecule has 1 aliphatic heterocycles. The Morgan fingerprint density at radius 2 is 1.81 bits per heavy atom. The summed E-state index contributed by atoms with van der Waals surface area (Å²) < 4.78 is 24.5. The SMILES string of the molecule is CCOc1ccc([C@@H]2C(C(=O)OC)=CN=c3s/c(=C\c4ccc(OC)c(Br)c4)c(=O)n32)cc1OCC. The summed E-state index contributed by atoms with van der Waals surface area (Å²) in [6.45, 7) is 4.68. The molecule has 0 amide bonds. The minimum absolute atomic E-state index is 0.246. The van der Waals surface area contributed by atoms with Gasteiger partial charge in [-0.15, -0.1) is 0 Å². The van der Waals surface area contributed by atoms with Crippen molar-refractivity contribution in [1.29, 1.82) is 0 Å². The first kappa shape index (κ1) is 25.7. The Kier molecular flexibility index (Phi) is 7.95. The second-order valence-electron chi connectivity index (χ2n) is 7.64. The predicted molar refractivity (Wildman–Crippen MR) is 141 cm³/mol. The van der Waals surface area contributed by atoms with Crippen LogP contribution in [0, 0.1) is 0 Å². The third-order valence-corrected chi connectivity index (χ3v) is 7.10. The van der Waals surface area contributed by atoms with E-state index >= 15 is 0 Å². The van der Waals surface area contributed by atoms with Crippen molar-refractivity contribution in [1.82, 2.24) is 4.57 Å². The van der Waals surface area contributed by atoms with Crippen molar-refractivity contribution in [3.8, 4) is 17.2 Å². The molecule has 10 heteroatoms. The second kappa shape index (κ2) is 11.1. The van der Waals surface area contributed by atoms with E-state index in [0.717, 1.165) is 10.0 Å². The molecule has 0 radical (unpaired) electrons. The molecule has 0 spiro atoms. The van der Waals surface area contributed by atoms with Crippen molar-refractivity contribution in [2.24, 2.45) is 4.99 Å². The molecular formula is C26H25BrN2O6S. The topological polar surface area (TPSA) is 88.4 Å². The van der Waals surface area contributed by atoms with Gasteiger partial charge >= 0.3 is 5.97 Å². The third-order valence-electron chi connectivity index (χ3n) is 5.48. The number of thiazole rings is 1. The van der Waals surface area contributed by atoms with Gasteiger partial charge < -0.3 is 18.9 Å². The fraction of sp³-hybridized carbons (Fsp3) is 0.269. The van der Waals surface area contributed by atoms with E-state index in [2.05, 4.69) is 20.9 Å². The summed E-state index contributed by atoms with van der Waals surface area (Å²) in [6, 6.07) is 10.2. The Bertz CT molecular complexity index is 1510. The van der Waals surface area contributed by atoms with Crippen LogP contribution in [0.5, 0.6) is 17.2 Å². The molecule has 0 fully saturated rings. The largest absolute Gasteiger partial charge is 0.496 e. The number of rotatable bonds is 8. The molecule has 1 aromatic heterocycles. The highest BCUT2D eigenvalue weighted by atomic mass is 79.9. The van der Waals surface area contributed by atoms with Gasteiger partial charge in [-0.1, -0.05) is 23.5 Å². The Labute approximate surface area is 220 Å². The molecule has 0 bridgehead atoms. The van der Waals surface area contributed by atoms with E-state index in [-0.39, 0.29) is 11.1 Å². The van der Waals surface area contributed by atoms with E-state index in [0.29, 0.717) is 45.4 Å². The molecule has 2 heterocycles. The monoisotopic (exact) mass is 572 g/mol. The summed E-state index contributed by atoms with van der Waals surface area (Å²) in [5.74, 6) is 1.24. The van der Waals surface area contributed by atoms with E-state index < -0.39 is 12.0 Å². The van der Waals surface area contributed by atoms with Gasteiger partial charge in [0.15, 0.2) is 16.3 Å². The number of carbonyl (C=O) groups is 1. The van der Waals surface area contributed by atoms with Gasteiger partial charge in [0.1, 0.15) is 5.75 Å². The number of methoxy groups -OCH3 is 2. The van der Waals surface area contributed by atoms with Gasteiger partial charge in [0.25, 0.3) is 5.56 Å². The van der Waals surface area contributed by atoms with Crippen molar-refractivity contribution >= 4 is 39.3 Å². The van der Waals surface area contributed by atoms with E-state index in [1.807, 2.05) is 38.1 Å². The van der Waals surface area contributed by atoms with Crippen LogP contribution in [-0.2, 0) is 9.53 Å². The number of esters is 1. The predicted octanol–water partition coefficient (Wildman–Crippen LogP) is 3.59. The fourth-order valence-electron chi connectivity index (χ4n) is 3.91. The maximum absolute atomic E-state index is 13.7. The number of ether oxygens (including phenoxy) is 4. The number of carbonyl (C=O) groups excluding carboxylic acids is 1. The van der Waals surface area contributed by atoms with Crippen LogP contribution < -0.4 is 29.1 Å². The van der Waals surface area contributed by atoms with Crippen LogP contribution in [0.2, 0.25) is 0 Å². The normalized spacial score (nSPS) is 15.0. The first-order valence-electron chi connectivity index (χ1n) is 11.2. The Morgan fingerprint density at radius 1 is 1.08 bits per heavy atom. The number of hydrogen-bond acceptors (Lipinski definition) is 8. The summed E-state index contributed by atoms with van der Waals surface area (Å²) in [4.78, 5) is 31.2. The number of nitrogens with zero attached hydrogens (tertiary/aromatic N) is 2. The number of benzene rings is 2. The first-order valence-corrected chi connectivity index (χ1v) is 12.8. The lowest BCUT2D eigenvalue weighted by molar-refractivity contribution is -0.136. The lowest BCUT2D eigenvalue weighted by atomic mass is 9.97. The van der Waals surface area contributed by atoms with Gasteiger partial charge in [0.2, 0.25) is 0 Å². The molecule has 0 aliphatic carbocycles. The lowest BCUT2D eigenvalue weighted by Gasteiger charge is -2.23. The van der Waals surface area contributed by atoms with Gasteiger partial charge in [-0.05, 0) is 71.2 Å². The van der Waals surface area contributed by atoms with Gasteiger partial charge in [-0.2, -0.15) is 0 Å². The summed E-state index contributed by atoms with van der Waals surface area (Å²) in [5.41, 5.74) is 1.47. The van der Waals surface area contributed by atoms with Gasteiger partial charge in [-0.3, -0.25) is 9.36 Å². The van der Waals surface area contributed by atoms with Crippen LogP contribution in [0.3, 0.4) is 0 Å². The van der Waals surface area contributed by atoms with E-state index in [1.54, 1.807) is 25.3 Å². The van der Waals surface area contributed by atoms with E-state index in [4.69, 9.17) is 18.9 Å². The van der Waals surface area contributed by atoms with Crippen molar-refractivity contribution in [2.45, 2.75) is 19.9 Å². The summed E-state index contributed by atoms with van der Waals surface area (Å²) in [7, 11) is 2.89. The average Bonchev–Trinajstić information content (AvgIpc) is 3.19. The molecule has 2 aromatic carbocycles. The molecule has 36 heavy (non-hydrogen) atoms. The standard InChI is InChI=1S/C26H25BrN2O6S/c1-5-34-20-10-8-16(13-21(20)35-6-2)23-17(25(31)33-4)14-28-26-29(23)24(30)22(36-26)12-15-7-9-19(32-3)18(27)11-15/h7-14,23H,5-6H2,1-4H3/b22-12-/t23-/m1/s1. The quantitative estimate of drug-likeness (QED) is 0.383. The van der Waals surface area contributed by atoms with Gasteiger partial charge in [-0.25, -0.2) is 9.79 Å². The minimum atomic E-state index is -0.742. The van der Waals surface area contributed by atoms with Gasteiger partial charge in [0.05, 0.1) is 48.1 Å². The molecule has 0 N–H and O–H groups in total. The van der Waals surface area contributed by atoms with Crippen LogP contribution in [0.25, 0.3) is 6.08 Å². The highest BCUT2D eigenvalue weighted by Gasteiger charge is 2.31. The maximum atomic E-state index is 13.7. The average molecular weight is 573 g/mol. The summed E-state index contributed by atoms with van der Waals surface area (Å²) >= 11 is 4.73. The van der Waals surface area contributed by atoms with Crippen LogP contribution in [0.1, 0.15) is 31.0 Å². The van der Waals surface area contributed by atoms with Crippen LogP contribution >= 0.6 is 27.3 Å². The van der Waals surface area contributed by atoms with Crippen molar-refractivity contribution in [3.63, 3.8) is 0 Å². The zero-order valence-corrected chi connectivity index (χ0v) is 22.6. The number of hydrogen-bond donors (Lipinski definition) is 0. The van der Waals surface area contributed by atoms with Crippen molar-refractivity contribution in [3.05, 3.63) is 83.5 Å². The highest BCUT2D eigenvalue weighted by Crippen LogP contribution is 2.35. The van der Waals surface area contributed by atoms with Crippen molar-refractivity contribution < 1.29 is 23.7 Å². The number of fused-ring (bicyclic) bond motifs is 1. The molecule has 0 saturated heterocycles. The molecule has 188 valence electrons. The summed E-state index contributed by atoms with van der Waals surface area (Å²) in [6.07, 6.45) is 3.25. The first-order chi connectivity index (χ1) is 17.4. The maximum Gasteiger partial charge on any atom is 0.337 e. The third kappa shape index (κ3) is 4.96. The molecule has 8 nitrogen and oxygen atoms in total. The lowest BCUT2D eigenvalue weighted by Crippen LogP contribution is -2.39. The van der Waals surface area contributed by atoms with Crippen LogP contribution in [0.15, 0.2) is 62.4 Å². The molecule has 1 atom stereocenters. The molecule has 3 aromatic rings. The molecule has 1 aliphatic rings. The zero-order chi connectivity index (χ0) is 25.8. The fourth-order valence-corrected chi connectivity index (χ4v) is 5.44. The van der Waals surface area contributed by atoms with Crippen molar-refractivity contribution in [2.75, 3.05) is 27.4 Å². The Morgan fingerprint density at radius 3 is 2.47 bits per heavy atom. The van der Waals surface area contributed by atoms with Gasteiger partial charge in [0, 0.05) is 6.20 Å². The molecule has 0 saturated carbocycles. The highest BCUT2D eigenvalue weighted by molar-refractivity contribution is 9.10. The van der Waals surface area contributed by atoms with Crippen LogP contribution in [0.4, 0.5) is 0 Å². The molecule has 4 rings (SSSR count). The number of aromatic nitrogens is 1. The van der Waals surface area contributed by atoms with E-state index in [1.165, 1.54) is 29.2 Å². The Balaban J connectivity index is 1.89. The van der Waals surface area contributed by atoms with Crippen LogP contribution in [-0.4, -0.2) is 38.0 Å². The smallest absolute Gasteiger partial charge is 0.337 e. The second-order valence-corrected chi connectivity index (χ2v) is 9.51. The number of halogens is 1. The Hall–Kier alpha value is -3.37. The molecule has 0 unspecified atom stereocenters. The van der Waals surface area contributed by atoms with E-state index in [9.17, 15) is 9.59 Å².